The Kier molecular flexibility index (Phi) is 5.87. The van der Waals surface area contributed by atoms with Crippen LogP contribution in [0.15, 0.2) is 27.6 Å². The van der Waals surface area contributed by atoms with Crippen molar-refractivity contribution < 1.29 is 0 Å². The fraction of sp³-hybridized carbons (Fsp3) is 0.538. The third kappa shape index (κ3) is 4.11. The van der Waals surface area contributed by atoms with Crippen LogP contribution in [0.25, 0.3) is 0 Å². The highest BCUT2D eigenvalue weighted by Gasteiger charge is 2.08. The van der Waals surface area contributed by atoms with E-state index in [1.165, 1.54) is 14.9 Å². The van der Waals surface area contributed by atoms with E-state index in [1.807, 2.05) is 11.8 Å². The molecule has 1 rings (SSSR count). The summed E-state index contributed by atoms with van der Waals surface area (Å²) in [5.74, 6) is 0. The van der Waals surface area contributed by atoms with Gasteiger partial charge in [-0.05, 0) is 47.1 Å². The number of hydrogen-bond acceptors (Lipinski definition) is 2. The zero-order valence-corrected chi connectivity index (χ0v) is 12.8. The minimum Gasteiger partial charge on any atom is -0.310 e. The van der Waals surface area contributed by atoms with Crippen molar-refractivity contribution in [3.05, 3.63) is 28.2 Å². The summed E-state index contributed by atoms with van der Waals surface area (Å²) >= 11 is 5.54. The molecule has 1 nitrogen and oxygen atoms in total. The van der Waals surface area contributed by atoms with Crippen molar-refractivity contribution in [2.24, 2.45) is 0 Å². The highest BCUT2D eigenvalue weighted by atomic mass is 79.9. The summed E-state index contributed by atoms with van der Waals surface area (Å²) in [6.45, 7) is 9.76. The second-order valence-electron chi connectivity index (χ2n) is 4.14. The first kappa shape index (κ1) is 14.1. The Morgan fingerprint density at radius 1 is 1.31 bits per heavy atom. The number of nitrogens with one attached hydrogen (secondary N) is 1. The molecule has 0 radical (unpaired) electrons. The fourth-order valence-corrected chi connectivity index (χ4v) is 3.06. The maximum absolute atomic E-state index is 3.65. The van der Waals surface area contributed by atoms with Crippen LogP contribution in [-0.4, -0.2) is 11.8 Å². The standard InChI is InChI=1S/C13H20BrNS/c1-5-15-10(4)11-6-7-13(12(14)8-11)16-9(2)3/h6-10,15H,5H2,1-4H3. The Hall–Kier alpha value is 0.01000. The van der Waals surface area contributed by atoms with Crippen molar-refractivity contribution in [2.45, 2.75) is 43.9 Å². The minimum absolute atomic E-state index is 0.416. The zero-order valence-electron chi connectivity index (χ0n) is 10.4. The van der Waals surface area contributed by atoms with Gasteiger partial charge in [0.1, 0.15) is 0 Å². The Morgan fingerprint density at radius 2 is 2.00 bits per heavy atom. The number of halogens is 1. The van der Waals surface area contributed by atoms with Gasteiger partial charge in [-0.1, -0.05) is 26.8 Å². The molecule has 0 bridgehead atoms. The number of thioether (sulfide) groups is 1. The topological polar surface area (TPSA) is 12.0 Å². The van der Waals surface area contributed by atoms with E-state index in [2.05, 4.69) is 67.1 Å². The molecule has 90 valence electrons. The van der Waals surface area contributed by atoms with Crippen molar-refractivity contribution in [1.82, 2.24) is 5.32 Å². The molecule has 0 saturated carbocycles. The highest BCUT2D eigenvalue weighted by Crippen LogP contribution is 2.32. The normalized spacial score (nSPS) is 13.1. The fourth-order valence-electron chi connectivity index (χ4n) is 1.56. The largest absolute Gasteiger partial charge is 0.310 e. The summed E-state index contributed by atoms with van der Waals surface area (Å²) in [7, 11) is 0. The molecule has 0 spiro atoms. The molecule has 0 amide bonds. The van der Waals surface area contributed by atoms with E-state index in [1.54, 1.807) is 0 Å². The van der Waals surface area contributed by atoms with Crippen LogP contribution in [-0.2, 0) is 0 Å². The monoisotopic (exact) mass is 301 g/mol. The van der Waals surface area contributed by atoms with Gasteiger partial charge in [0.25, 0.3) is 0 Å². The SMILES string of the molecule is CCNC(C)c1ccc(SC(C)C)c(Br)c1. The van der Waals surface area contributed by atoms with Crippen LogP contribution in [0, 0.1) is 0 Å². The predicted octanol–water partition coefficient (Wildman–Crippen LogP) is 4.62. The van der Waals surface area contributed by atoms with Gasteiger partial charge in [0.15, 0.2) is 0 Å². The van der Waals surface area contributed by atoms with Gasteiger partial charge in [0.05, 0.1) is 0 Å². The van der Waals surface area contributed by atoms with Gasteiger partial charge >= 0.3 is 0 Å². The van der Waals surface area contributed by atoms with E-state index in [0.717, 1.165) is 6.54 Å². The van der Waals surface area contributed by atoms with E-state index in [0.29, 0.717) is 11.3 Å². The molecule has 0 heterocycles. The van der Waals surface area contributed by atoms with Crippen molar-refractivity contribution in [1.29, 1.82) is 0 Å². The van der Waals surface area contributed by atoms with Gasteiger partial charge in [-0.3, -0.25) is 0 Å². The molecule has 16 heavy (non-hydrogen) atoms. The first-order valence-electron chi connectivity index (χ1n) is 5.74. The third-order valence-corrected chi connectivity index (χ3v) is 4.33. The maximum atomic E-state index is 3.65. The van der Waals surface area contributed by atoms with E-state index < -0.39 is 0 Å². The average molecular weight is 302 g/mol. The van der Waals surface area contributed by atoms with Gasteiger partial charge in [-0.2, -0.15) is 0 Å². The first-order chi connectivity index (χ1) is 7.54. The summed E-state index contributed by atoms with van der Waals surface area (Å²) < 4.78 is 1.20. The van der Waals surface area contributed by atoms with Crippen LogP contribution in [0.1, 0.15) is 39.3 Å². The lowest BCUT2D eigenvalue weighted by atomic mass is 10.1. The predicted molar refractivity (Wildman–Crippen MR) is 77.2 cm³/mol. The minimum atomic E-state index is 0.416. The van der Waals surface area contributed by atoms with Crippen LogP contribution in [0.4, 0.5) is 0 Å². The molecular weight excluding hydrogens is 282 g/mol. The van der Waals surface area contributed by atoms with E-state index in [-0.39, 0.29) is 0 Å². The molecule has 0 aliphatic carbocycles. The Morgan fingerprint density at radius 3 is 2.50 bits per heavy atom. The Labute approximate surface area is 112 Å². The number of rotatable bonds is 5. The summed E-state index contributed by atoms with van der Waals surface area (Å²) in [4.78, 5) is 1.32. The Bertz CT molecular complexity index is 339. The molecule has 0 aromatic heterocycles. The summed E-state index contributed by atoms with van der Waals surface area (Å²) in [6, 6.07) is 7.05. The molecule has 1 N–H and O–H groups in total. The molecule has 1 unspecified atom stereocenters. The lowest BCUT2D eigenvalue weighted by Gasteiger charge is -2.15. The number of benzene rings is 1. The van der Waals surface area contributed by atoms with E-state index in [9.17, 15) is 0 Å². The highest BCUT2D eigenvalue weighted by molar-refractivity contribution is 9.10. The van der Waals surface area contributed by atoms with Crippen LogP contribution >= 0.6 is 27.7 Å². The third-order valence-electron chi connectivity index (χ3n) is 2.33. The summed E-state index contributed by atoms with van der Waals surface area (Å²) in [5, 5.41) is 4.04. The van der Waals surface area contributed by atoms with Crippen LogP contribution in [0.5, 0.6) is 0 Å². The summed E-state index contributed by atoms with van der Waals surface area (Å²) in [6.07, 6.45) is 0. The lowest BCUT2D eigenvalue weighted by molar-refractivity contribution is 0.597. The average Bonchev–Trinajstić information content (AvgIpc) is 2.20. The van der Waals surface area contributed by atoms with E-state index in [4.69, 9.17) is 0 Å². The summed E-state index contributed by atoms with van der Waals surface area (Å²) in [5.41, 5.74) is 1.34. The quantitative estimate of drug-likeness (QED) is 0.797. The van der Waals surface area contributed by atoms with Crippen molar-refractivity contribution in [3.63, 3.8) is 0 Å². The van der Waals surface area contributed by atoms with Crippen LogP contribution in [0.2, 0.25) is 0 Å². The molecule has 1 atom stereocenters. The van der Waals surface area contributed by atoms with Gasteiger partial charge in [0.2, 0.25) is 0 Å². The maximum Gasteiger partial charge on any atom is 0.0314 e. The van der Waals surface area contributed by atoms with E-state index >= 15 is 0 Å². The molecule has 0 aliphatic rings. The molecule has 1 aromatic rings. The molecular formula is C13H20BrNS. The molecule has 0 fully saturated rings. The van der Waals surface area contributed by atoms with Gasteiger partial charge < -0.3 is 5.32 Å². The van der Waals surface area contributed by atoms with Crippen molar-refractivity contribution >= 4 is 27.7 Å². The lowest BCUT2D eigenvalue weighted by Crippen LogP contribution is -2.17. The molecule has 1 aromatic carbocycles. The second-order valence-corrected chi connectivity index (χ2v) is 6.61. The smallest absolute Gasteiger partial charge is 0.0314 e. The van der Waals surface area contributed by atoms with Gasteiger partial charge in [-0.25, -0.2) is 0 Å². The van der Waals surface area contributed by atoms with Gasteiger partial charge in [-0.15, -0.1) is 11.8 Å². The van der Waals surface area contributed by atoms with Crippen LogP contribution in [0.3, 0.4) is 0 Å². The van der Waals surface area contributed by atoms with Crippen molar-refractivity contribution in [2.75, 3.05) is 6.54 Å². The second kappa shape index (κ2) is 6.67. The molecule has 0 aliphatic heterocycles. The molecule has 3 heteroatoms. The number of hydrogen-bond donors (Lipinski definition) is 1. The first-order valence-corrected chi connectivity index (χ1v) is 7.41. The molecule has 0 saturated heterocycles. The Balaban J connectivity index is 2.82. The van der Waals surface area contributed by atoms with Crippen LogP contribution < -0.4 is 5.32 Å². The van der Waals surface area contributed by atoms with Gasteiger partial charge in [0, 0.05) is 20.7 Å². The van der Waals surface area contributed by atoms with Crippen molar-refractivity contribution in [3.8, 4) is 0 Å². The zero-order chi connectivity index (χ0) is 12.1.